The van der Waals surface area contributed by atoms with Crippen LogP contribution in [0, 0.1) is 33.5 Å². The second-order valence-corrected chi connectivity index (χ2v) is 23.0. The number of ether oxygens (including phenoxy) is 15. The van der Waals surface area contributed by atoms with E-state index in [4.69, 9.17) is 71.1 Å². The number of hydrogen-bond donors (Lipinski definition) is 2. The number of esters is 4. The average Bonchev–Trinajstić information content (AvgIpc) is 3.55. The summed E-state index contributed by atoms with van der Waals surface area (Å²) in [6.07, 6.45) is 4.43. The predicted octanol–water partition coefficient (Wildman–Crippen LogP) is 6.36. The molecule has 2 saturated carbocycles. The Morgan fingerprint density at radius 2 is 0.593 bits per heavy atom. The van der Waals surface area contributed by atoms with Crippen molar-refractivity contribution in [2.45, 2.75) is 107 Å². The molecule has 0 saturated heterocycles. The molecule has 4 atom stereocenters. The van der Waals surface area contributed by atoms with E-state index in [9.17, 15) is 28.8 Å². The third-order valence-corrected chi connectivity index (χ3v) is 13.0. The lowest BCUT2D eigenvalue weighted by molar-refractivity contribution is -0.151. The minimum absolute atomic E-state index is 0.00741. The number of nitrogens with one attached hydrogen (secondary N) is 2. The minimum Gasteiger partial charge on any atom is -0.462 e. The van der Waals surface area contributed by atoms with Gasteiger partial charge >= 0.3 is 36.1 Å². The van der Waals surface area contributed by atoms with E-state index in [-0.39, 0.29) is 122 Å². The maximum absolute atomic E-state index is 12.5. The van der Waals surface area contributed by atoms with Crippen molar-refractivity contribution in [1.29, 1.82) is 0 Å². The molecule has 2 aliphatic carbocycles. The Labute approximate surface area is 481 Å². The van der Waals surface area contributed by atoms with Crippen LogP contribution in [0.4, 0.5) is 9.59 Å². The summed E-state index contributed by atoms with van der Waals surface area (Å²) in [6, 6.07) is 0. The highest BCUT2D eigenvalue weighted by atomic mass is 16.6. The third kappa shape index (κ3) is 38.1. The average molecular weight is 1160 g/mol. The van der Waals surface area contributed by atoms with Gasteiger partial charge in [-0.3, -0.25) is 9.59 Å². The number of carbonyl (C=O) groups is 6. The molecule has 0 aromatic heterocycles. The number of alkyl carbamates (subject to hydrolysis) is 2. The smallest absolute Gasteiger partial charge is 0.407 e. The summed E-state index contributed by atoms with van der Waals surface area (Å²) in [4.78, 5) is 72.9. The summed E-state index contributed by atoms with van der Waals surface area (Å²) >= 11 is 0. The minimum atomic E-state index is -0.521. The van der Waals surface area contributed by atoms with Gasteiger partial charge in [0, 0.05) is 37.1 Å². The zero-order chi connectivity index (χ0) is 59.8. The summed E-state index contributed by atoms with van der Waals surface area (Å²) < 4.78 is 80.8. The summed E-state index contributed by atoms with van der Waals surface area (Å²) in [5.41, 5.74) is 0.0546. The van der Waals surface area contributed by atoms with Gasteiger partial charge in [-0.05, 0) is 85.9 Å². The fourth-order valence-corrected chi connectivity index (χ4v) is 10.6. The van der Waals surface area contributed by atoms with Crippen LogP contribution in [0.3, 0.4) is 0 Å². The maximum Gasteiger partial charge on any atom is 0.407 e. The number of rotatable bonds is 46. The van der Waals surface area contributed by atoms with E-state index >= 15 is 0 Å². The van der Waals surface area contributed by atoms with Crippen LogP contribution in [0.5, 0.6) is 0 Å². The molecule has 23 heteroatoms. The van der Waals surface area contributed by atoms with Crippen molar-refractivity contribution in [3.05, 3.63) is 24.3 Å². The zero-order valence-corrected chi connectivity index (χ0v) is 50.2. The van der Waals surface area contributed by atoms with Crippen molar-refractivity contribution in [3.63, 3.8) is 0 Å². The van der Waals surface area contributed by atoms with E-state index in [0.717, 1.165) is 38.5 Å². The van der Waals surface area contributed by atoms with E-state index in [1.54, 1.807) is 13.8 Å². The van der Waals surface area contributed by atoms with E-state index in [1.807, 2.05) is 0 Å². The summed E-state index contributed by atoms with van der Waals surface area (Å²) in [5, 5.41) is 5.76. The van der Waals surface area contributed by atoms with Crippen LogP contribution in [0.2, 0.25) is 0 Å². The normalized spacial score (nSPS) is 20.1. The van der Waals surface area contributed by atoms with Crippen molar-refractivity contribution in [1.82, 2.24) is 10.6 Å². The second kappa shape index (κ2) is 41.5. The van der Waals surface area contributed by atoms with Crippen molar-refractivity contribution >= 4 is 36.1 Å². The van der Waals surface area contributed by atoms with Gasteiger partial charge in [-0.1, -0.05) is 54.7 Å². The van der Waals surface area contributed by atoms with Gasteiger partial charge in [0.2, 0.25) is 0 Å². The van der Waals surface area contributed by atoms with Crippen LogP contribution < -0.4 is 10.6 Å². The maximum atomic E-state index is 12.5. The highest BCUT2D eigenvalue weighted by Gasteiger charge is 2.43. The van der Waals surface area contributed by atoms with E-state index < -0.39 is 24.1 Å². The molecule has 0 aliphatic heterocycles. The van der Waals surface area contributed by atoms with Gasteiger partial charge in [-0.15, -0.1) is 0 Å². The molecular formula is C58H100N2O21. The van der Waals surface area contributed by atoms with Crippen LogP contribution in [0.15, 0.2) is 24.3 Å². The van der Waals surface area contributed by atoms with Gasteiger partial charge in [0.05, 0.1) is 119 Å². The summed E-state index contributed by atoms with van der Waals surface area (Å²) in [5.74, 6) is -1.54. The fourth-order valence-electron chi connectivity index (χ4n) is 10.6. The first kappa shape index (κ1) is 72.6. The van der Waals surface area contributed by atoms with E-state index in [0.29, 0.717) is 119 Å². The largest absolute Gasteiger partial charge is 0.462 e. The van der Waals surface area contributed by atoms with Gasteiger partial charge in [0.1, 0.15) is 39.6 Å². The first-order valence-electron chi connectivity index (χ1n) is 28.5. The standard InChI is InChI=1S/C58H100N2O21/c1-45(2)51(63)78-33-31-76-49(61)35-47-37-55(5,6)41-57(9,39-47)43-59-53(65)80-29-27-74-25-23-72-21-19-70-17-15-68-13-11-67-12-14-69-16-18-71-20-22-73-24-26-75-28-30-81-54(66)60-44-58(10)40-48(38-56(7,8)42-58)36-50(62)77-32-34-79-52(64)46(3)4/h47-48H,1,3,11-44H2,2,4-10H3,(H,59,65)(H,60,66). The highest BCUT2D eigenvalue weighted by molar-refractivity contribution is 5.87. The van der Waals surface area contributed by atoms with Gasteiger partial charge in [-0.2, -0.15) is 0 Å². The molecule has 2 fully saturated rings. The third-order valence-electron chi connectivity index (χ3n) is 13.0. The molecule has 468 valence electrons. The van der Waals surface area contributed by atoms with E-state index in [2.05, 4.69) is 65.3 Å². The number of carbonyl (C=O) groups excluding carboxylic acids is 6. The highest BCUT2D eigenvalue weighted by Crippen LogP contribution is 2.50. The molecule has 2 N–H and O–H groups in total. The number of amides is 2. The molecule has 2 amide bonds. The molecule has 0 bridgehead atoms. The Morgan fingerprint density at radius 1 is 0.358 bits per heavy atom. The Balaban J connectivity index is 1.30. The quantitative estimate of drug-likeness (QED) is 0.0291. The molecule has 0 aromatic rings. The Bertz CT molecular complexity index is 1720. The summed E-state index contributed by atoms with van der Waals surface area (Å²) in [7, 11) is 0. The van der Waals surface area contributed by atoms with Crippen molar-refractivity contribution in [3.8, 4) is 0 Å². The van der Waals surface area contributed by atoms with Crippen LogP contribution in [0.25, 0.3) is 0 Å². The summed E-state index contributed by atoms with van der Waals surface area (Å²) in [6.45, 7) is 31.0. The Morgan fingerprint density at radius 3 is 0.852 bits per heavy atom. The monoisotopic (exact) mass is 1160 g/mol. The molecule has 2 rings (SSSR count). The van der Waals surface area contributed by atoms with Crippen LogP contribution in [-0.2, 0) is 90.2 Å². The van der Waals surface area contributed by atoms with Gasteiger partial charge in [0.15, 0.2) is 0 Å². The SMILES string of the molecule is C=C(C)C(=O)OCCOC(=O)CC1CC(C)(C)CC(C)(CNC(=O)OCCOCCOCCOCCOCCOCCOCCOCCOCCOCCOC(=O)NCC2(C)CC(CC(=O)OCCOC(=O)C(=C)C)CC(C)(C)C2)C1. The predicted molar refractivity (Wildman–Crippen MR) is 297 cm³/mol. The molecule has 4 unspecified atom stereocenters. The van der Waals surface area contributed by atoms with Crippen LogP contribution in [-0.4, -0.2) is 208 Å². The van der Waals surface area contributed by atoms with Crippen molar-refractivity contribution in [2.24, 2.45) is 33.5 Å². The van der Waals surface area contributed by atoms with Crippen LogP contribution >= 0.6 is 0 Å². The molecular weight excluding hydrogens is 1060 g/mol. The second-order valence-electron chi connectivity index (χ2n) is 23.0. The molecule has 0 heterocycles. The first-order valence-corrected chi connectivity index (χ1v) is 28.5. The molecule has 0 aromatic carbocycles. The lowest BCUT2D eigenvalue weighted by Crippen LogP contribution is -2.44. The molecule has 81 heavy (non-hydrogen) atoms. The lowest BCUT2D eigenvalue weighted by atomic mass is 9.60. The van der Waals surface area contributed by atoms with Crippen LogP contribution in [0.1, 0.15) is 107 Å². The fraction of sp³-hybridized carbons (Fsp3) is 0.828. The molecule has 0 spiro atoms. The number of hydrogen-bond acceptors (Lipinski definition) is 21. The first-order chi connectivity index (χ1) is 38.5. The Kier molecular flexibility index (Phi) is 37.2. The molecule has 2 aliphatic rings. The van der Waals surface area contributed by atoms with Crippen molar-refractivity contribution in [2.75, 3.05) is 172 Å². The lowest BCUT2D eigenvalue weighted by Gasteiger charge is -2.46. The molecule has 0 radical (unpaired) electrons. The van der Waals surface area contributed by atoms with Crippen molar-refractivity contribution < 1.29 is 99.8 Å². The Hall–Kier alpha value is -4.46. The van der Waals surface area contributed by atoms with Gasteiger partial charge in [-0.25, -0.2) is 19.2 Å². The van der Waals surface area contributed by atoms with Gasteiger partial charge < -0.3 is 81.7 Å². The van der Waals surface area contributed by atoms with E-state index in [1.165, 1.54) is 0 Å². The topological polar surface area (TPSA) is 265 Å². The zero-order valence-electron chi connectivity index (χ0n) is 50.2. The van der Waals surface area contributed by atoms with Gasteiger partial charge in [0.25, 0.3) is 0 Å². The molecule has 23 nitrogen and oxygen atoms in total.